The number of halogens is 20. The van der Waals surface area contributed by atoms with E-state index in [1.165, 1.54) is 0 Å². The van der Waals surface area contributed by atoms with Crippen molar-refractivity contribution in [1.29, 1.82) is 0 Å². The van der Waals surface area contributed by atoms with Gasteiger partial charge in [-0.25, -0.2) is 13.7 Å². The summed E-state index contributed by atoms with van der Waals surface area (Å²) in [5, 5.41) is 0. The lowest BCUT2D eigenvalue weighted by molar-refractivity contribution is -0.397. The quantitative estimate of drug-likeness (QED) is 0.272. The van der Waals surface area contributed by atoms with Gasteiger partial charge in [0.2, 0.25) is 5.95 Å². The summed E-state index contributed by atoms with van der Waals surface area (Å²) >= 11 is 0. The maximum Gasteiger partial charge on any atom is 0.417 e. The van der Waals surface area contributed by atoms with Gasteiger partial charge in [-0.2, -0.15) is 79.0 Å². The summed E-state index contributed by atoms with van der Waals surface area (Å²) in [5.41, 5.74) is -4.40. The predicted molar refractivity (Wildman–Crippen MR) is 61.3 cm³/mol. The van der Waals surface area contributed by atoms with Crippen LogP contribution in [0.2, 0.25) is 0 Å². The Bertz CT molecular complexity index is 749. The Kier molecular flexibility index (Phi) is 6.47. The number of hydrogen-bond donors (Lipinski definition) is 0. The molecule has 1 aliphatic rings. The minimum atomic E-state index is -8.24. The molecule has 0 aromatic carbocycles. The van der Waals surface area contributed by atoms with Crippen LogP contribution in [0.5, 0.6) is 0 Å². The summed E-state index contributed by atoms with van der Waals surface area (Å²) in [4.78, 5) is -4.21. The summed E-state index contributed by atoms with van der Waals surface area (Å²) in [6.45, 7) is 0. The first-order valence-electron chi connectivity index (χ1n) is 7.25. The van der Waals surface area contributed by atoms with Crippen molar-refractivity contribution in [2.75, 3.05) is 0 Å². The minimum absolute atomic E-state index is 3.98. The molecule has 0 aliphatic carbocycles. The fourth-order valence-electron chi connectivity index (χ4n) is 2.21. The molecule has 0 amide bonds. The Morgan fingerprint density at radius 3 is 1.15 bits per heavy atom. The van der Waals surface area contributed by atoms with Crippen LogP contribution in [0, 0.1) is 0 Å². The Hall–Kier alpha value is -1.86. The second-order valence-corrected chi connectivity index (χ2v) is 6.22. The van der Waals surface area contributed by atoms with Gasteiger partial charge in [0.05, 0.1) is 12.0 Å². The maximum atomic E-state index is 14.0. The van der Waals surface area contributed by atoms with Crippen molar-refractivity contribution in [3.8, 4) is 0 Å². The molecule has 1 rings (SSSR count). The third-order valence-corrected chi connectivity index (χ3v) is 4.02. The van der Waals surface area contributed by atoms with E-state index in [1.54, 1.807) is 0 Å². The zero-order valence-corrected chi connectivity index (χ0v) is 14.3. The van der Waals surface area contributed by atoms with Crippen molar-refractivity contribution < 1.29 is 87.8 Å². The summed E-state index contributed by atoms with van der Waals surface area (Å²) < 4.78 is 264. The average Bonchev–Trinajstić information content (AvgIpc) is 2.57. The normalized spacial score (nSPS) is 26.6. The lowest BCUT2D eigenvalue weighted by Crippen LogP contribution is -2.66. The van der Waals surface area contributed by atoms with Gasteiger partial charge in [0, 0.05) is 0 Å². The second-order valence-electron chi connectivity index (χ2n) is 6.22. The fourth-order valence-corrected chi connectivity index (χ4v) is 2.21. The van der Waals surface area contributed by atoms with Gasteiger partial charge in [-0.15, -0.1) is 0 Å². The number of rotatable bonds is 4. The first-order valence-corrected chi connectivity index (χ1v) is 7.25. The third kappa shape index (κ3) is 3.72. The summed E-state index contributed by atoms with van der Waals surface area (Å²) in [7, 11) is 0. The van der Waals surface area contributed by atoms with E-state index in [-0.39, 0.29) is 0 Å². The highest BCUT2D eigenvalue weighted by Gasteiger charge is 2.97. The monoisotopic (exact) mass is 541 g/mol. The standard InChI is InChI=1S/C12H3F20N/c13-3(2(6(18,19)20)1-5(16,17)4(14)15)33-11(29,30)9(25,26)7(21,22)8(23,24)10(27,28)12(33,31)32/h4H,1H2. The van der Waals surface area contributed by atoms with E-state index in [2.05, 4.69) is 0 Å². The highest BCUT2D eigenvalue weighted by atomic mass is 19.4. The van der Waals surface area contributed by atoms with Crippen molar-refractivity contribution in [3.63, 3.8) is 0 Å². The molecule has 1 nitrogen and oxygen atoms in total. The van der Waals surface area contributed by atoms with Crippen molar-refractivity contribution in [3.05, 3.63) is 11.5 Å². The highest BCUT2D eigenvalue weighted by Crippen LogP contribution is 2.66. The van der Waals surface area contributed by atoms with Gasteiger partial charge >= 0.3 is 54.3 Å². The van der Waals surface area contributed by atoms with Gasteiger partial charge in [0.1, 0.15) is 0 Å². The third-order valence-electron chi connectivity index (χ3n) is 4.02. The molecule has 1 aliphatic heterocycles. The fraction of sp³-hybridized carbons (Fsp3) is 0.833. The van der Waals surface area contributed by atoms with Crippen LogP contribution in [0.1, 0.15) is 6.42 Å². The Morgan fingerprint density at radius 2 is 0.909 bits per heavy atom. The molecule has 0 bridgehead atoms. The molecule has 0 spiro atoms. The van der Waals surface area contributed by atoms with Crippen LogP contribution >= 0.6 is 0 Å². The maximum absolute atomic E-state index is 14.0. The van der Waals surface area contributed by atoms with E-state index in [1.807, 2.05) is 0 Å². The van der Waals surface area contributed by atoms with E-state index in [4.69, 9.17) is 0 Å². The molecule has 21 heteroatoms. The van der Waals surface area contributed by atoms with E-state index in [9.17, 15) is 87.8 Å². The molecule has 33 heavy (non-hydrogen) atoms. The van der Waals surface area contributed by atoms with Crippen LogP contribution in [0.15, 0.2) is 11.5 Å². The molecule has 0 saturated carbocycles. The molecular formula is C12H3F20N. The molecule has 196 valence electrons. The van der Waals surface area contributed by atoms with E-state index in [0.717, 1.165) is 0 Å². The van der Waals surface area contributed by atoms with Gasteiger partial charge in [-0.3, -0.25) is 0 Å². The number of likely N-dealkylation sites (tertiary alicyclic amines) is 1. The largest absolute Gasteiger partial charge is 0.417 e. The number of alkyl halides is 19. The van der Waals surface area contributed by atoms with Crippen LogP contribution in [0.4, 0.5) is 87.8 Å². The Balaban J connectivity index is 4.18. The van der Waals surface area contributed by atoms with Crippen LogP contribution in [0.3, 0.4) is 0 Å². The van der Waals surface area contributed by atoms with Crippen molar-refractivity contribution >= 4 is 0 Å². The molecule has 0 aromatic heterocycles. The Morgan fingerprint density at radius 1 is 0.606 bits per heavy atom. The number of hydrogen-bond acceptors (Lipinski definition) is 1. The van der Waals surface area contributed by atoms with Crippen LogP contribution in [-0.2, 0) is 0 Å². The number of allylic oxidation sites excluding steroid dienone is 1. The van der Waals surface area contributed by atoms with Crippen LogP contribution in [-0.4, -0.2) is 59.2 Å². The molecule has 1 heterocycles. The lowest BCUT2D eigenvalue weighted by atomic mass is 9.99. The van der Waals surface area contributed by atoms with Crippen molar-refractivity contribution in [2.24, 2.45) is 0 Å². The SMILES string of the molecule is FC(=C(CC(F)(F)C(F)F)C(F)(F)F)N1C(F)(F)C(F)(F)C(F)(F)C(F)(F)C(F)(F)C1(F)F. The highest BCUT2D eigenvalue weighted by molar-refractivity contribution is 5.24. The van der Waals surface area contributed by atoms with Crippen LogP contribution < -0.4 is 0 Å². The van der Waals surface area contributed by atoms with E-state index in [0.29, 0.717) is 0 Å². The van der Waals surface area contributed by atoms with Gasteiger partial charge in [0.25, 0.3) is 0 Å². The smallest absolute Gasteiger partial charge is 0.217 e. The van der Waals surface area contributed by atoms with Gasteiger partial charge in [-0.05, 0) is 0 Å². The topological polar surface area (TPSA) is 3.24 Å². The zero-order valence-electron chi connectivity index (χ0n) is 14.3. The molecular weight excluding hydrogens is 538 g/mol. The van der Waals surface area contributed by atoms with Gasteiger partial charge < -0.3 is 0 Å². The predicted octanol–water partition coefficient (Wildman–Crippen LogP) is 7.06. The summed E-state index contributed by atoms with van der Waals surface area (Å²) in [5.74, 6) is -44.2. The first-order chi connectivity index (χ1) is 14.1. The lowest BCUT2D eigenvalue weighted by Gasteiger charge is -2.39. The van der Waals surface area contributed by atoms with Crippen molar-refractivity contribution in [2.45, 2.75) is 60.7 Å². The van der Waals surface area contributed by atoms with Gasteiger partial charge in [-0.1, -0.05) is 0 Å². The average molecular weight is 541 g/mol. The molecule has 1 fully saturated rings. The van der Waals surface area contributed by atoms with Crippen LogP contribution in [0.25, 0.3) is 0 Å². The first kappa shape index (κ1) is 29.2. The zero-order chi connectivity index (χ0) is 27.0. The summed E-state index contributed by atoms with van der Waals surface area (Å²) in [6, 6.07) is -16.3. The number of nitrogens with zero attached hydrogens (tertiary/aromatic N) is 1. The molecule has 0 aromatic rings. The molecule has 0 radical (unpaired) electrons. The van der Waals surface area contributed by atoms with E-state index < -0.39 is 77.2 Å². The van der Waals surface area contributed by atoms with Gasteiger partial charge in [0.15, 0.2) is 0 Å². The minimum Gasteiger partial charge on any atom is -0.217 e. The molecule has 1 saturated heterocycles. The molecule has 0 unspecified atom stereocenters. The van der Waals surface area contributed by atoms with E-state index >= 15 is 0 Å². The van der Waals surface area contributed by atoms with Crippen molar-refractivity contribution in [1.82, 2.24) is 4.90 Å². The summed E-state index contributed by atoms with van der Waals surface area (Å²) in [6.07, 6.45) is -16.4. The second kappa shape index (κ2) is 7.32. The Labute approximate surface area is 166 Å². The molecule has 0 N–H and O–H groups in total. The molecule has 0 atom stereocenters.